The number of halogens is 2. The average Bonchev–Trinajstić information content (AvgIpc) is 2.46. The van der Waals surface area contributed by atoms with Gasteiger partial charge in [0.25, 0.3) is 0 Å². The van der Waals surface area contributed by atoms with Gasteiger partial charge in [-0.05, 0) is 36.4 Å². The second kappa shape index (κ2) is 6.13. The second-order valence-corrected chi connectivity index (χ2v) is 4.16. The number of nitriles is 1. The standard InChI is InChI=1S/C15H12F2N2O/c16-13-2-1-10(7-18)12(6-13)9-20-15-4-3-14(17)5-11(15)8-19/h1-6H,8-9,19H2. The molecule has 20 heavy (non-hydrogen) atoms. The fourth-order valence-corrected chi connectivity index (χ4v) is 1.79. The van der Waals surface area contributed by atoms with Gasteiger partial charge in [0.2, 0.25) is 0 Å². The maximum atomic E-state index is 13.2. The Morgan fingerprint density at radius 3 is 2.35 bits per heavy atom. The molecule has 5 heteroatoms. The Morgan fingerprint density at radius 1 is 1.05 bits per heavy atom. The lowest BCUT2D eigenvalue weighted by molar-refractivity contribution is 0.301. The molecule has 0 saturated heterocycles. The summed E-state index contributed by atoms with van der Waals surface area (Å²) in [4.78, 5) is 0. The number of rotatable bonds is 4. The second-order valence-electron chi connectivity index (χ2n) is 4.16. The van der Waals surface area contributed by atoms with Gasteiger partial charge in [0, 0.05) is 17.7 Å². The van der Waals surface area contributed by atoms with Gasteiger partial charge in [-0.2, -0.15) is 5.26 Å². The summed E-state index contributed by atoms with van der Waals surface area (Å²) in [5, 5.41) is 8.95. The van der Waals surface area contributed by atoms with Crippen molar-refractivity contribution >= 4 is 0 Å². The lowest BCUT2D eigenvalue weighted by Gasteiger charge is -2.11. The van der Waals surface area contributed by atoms with Gasteiger partial charge in [-0.25, -0.2) is 8.78 Å². The van der Waals surface area contributed by atoms with Gasteiger partial charge in [0.15, 0.2) is 0 Å². The lowest BCUT2D eigenvalue weighted by Crippen LogP contribution is -2.04. The van der Waals surface area contributed by atoms with Crippen molar-refractivity contribution in [1.82, 2.24) is 0 Å². The molecule has 0 bridgehead atoms. The Bertz CT molecular complexity index is 665. The van der Waals surface area contributed by atoms with E-state index in [4.69, 9.17) is 15.7 Å². The van der Waals surface area contributed by atoms with Crippen molar-refractivity contribution in [3.05, 3.63) is 64.7 Å². The quantitative estimate of drug-likeness (QED) is 0.932. The average molecular weight is 274 g/mol. The van der Waals surface area contributed by atoms with Crippen LogP contribution in [0.4, 0.5) is 8.78 Å². The molecule has 0 unspecified atom stereocenters. The van der Waals surface area contributed by atoms with Gasteiger partial charge in [0.1, 0.15) is 24.0 Å². The Balaban J connectivity index is 2.21. The van der Waals surface area contributed by atoms with Crippen LogP contribution in [0.25, 0.3) is 0 Å². The van der Waals surface area contributed by atoms with Crippen molar-refractivity contribution in [2.45, 2.75) is 13.2 Å². The fourth-order valence-electron chi connectivity index (χ4n) is 1.79. The van der Waals surface area contributed by atoms with E-state index in [9.17, 15) is 8.78 Å². The van der Waals surface area contributed by atoms with Gasteiger partial charge < -0.3 is 10.5 Å². The van der Waals surface area contributed by atoms with E-state index in [0.29, 0.717) is 22.4 Å². The molecule has 2 N–H and O–H groups in total. The summed E-state index contributed by atoms with van der Waals surface area (Å²) in [6.07, 6.45) is 0. The first kappa shape index (κ1) is 14.0. The topological polar surface area (TPSA) is 59.0 Å². The van der Waals surface area contributed by atoms with Crippen LogP contribution >= 0.6 is 0 Å². The number of nitrogens with two attached hydrogens (primary N) is 1. The third kappa shape index (κ3) is 3.11. The van der Waals surface area contributed by atoms with Crippen molar-refractivity contribution < 1.29 is 13.5 Å². The molecule has 0 radical (unpaired) electrons. The van der Waals surface area contributed by atoms with Crippen molar-refractivity contribution in [1.29, 1.82) is 5.26 Å². The molecule has 2 aromatic carbocycles. The van der Waals surface area contributed by atoms with Crippen LogP contribution < -0.4 is 10.5 Å². The van der Waals surface area contributed by atoms with Gasteiger partial charge in [0.05, 0.1) is 11.6 Å². The van der Waals surface area contributed by atoms with Crippen molar-refractivity contribution in [2.24, 2.45) is 5.73 Å². The molecule has 0 amide bonds. The summed E-state index contributed by atoms with van der Waals surface area (Å²) in [6.45, 7) is 0.140. The zero-order valence-electron chi connectivity index (χ0n) is 10.6. The normalized spacial score (nSPS) is 10.1. The van der Waals surface area contributed by atoms with Crippen LogP contribution in [0.2, 0.25) is 0 Å². The highest BCUT2D eigenvalue weighted by Crippen LogP contribution is 2.21. The van der Waals surface area contributed by atoms with Crippen LogP contribution in [0.1, 0.15) is 16.7 Å². The van der Waals surface area contributed by atoms with E-state index in [0.717, 1.165) is 0 Å². The van der Waals surface area contributed by atoms with Crippen molar-refractivity contribution in [2.75, 3.05) is 0 Å². The van der Waals surface area contributed by atoms with Gasteiger partial charge in [-0.1, -0.05) is 0 Å². The zero-order valence-corrected chi connectivity index (χ0v) is 10.6. The third-order valence-electron chi connectivity index (χ3n) is 2.81. The van der Waals surface area contributed by atoms with E-state index in [-0.39, 0.29) is 13.2 Å². The van der Waals surface area contributed by atoms with Crippen LogP contribution in [-0.4, -0.2) is 0 Å². The number of hydrogen-bond donors (Lipinski definition) is 1. The fraction of sp³-hybridized carbons (Fsp3) is 0.133. The third-order valence-corrected chi connectivity index (χ3v) is 2.81. The summed E-state index contributed by atoms with van der Waals surface area (Å²) in [5.41, 5.74) is 6.79. The number of ether oxygens (including phenoxy) is 1. The van der Waals surface area contributed by atoms with Crippen molar-refractivity contribution in [3.8, 4) is 11.8 Å². The molecule has 2 aromatic rings. The van der Waals surface area contributed by atoms with E-state index in [1.165, 1.54) is 36.4 Å². The predicted molar refractivity (Wildman–Crippen MR) is 69.7 cm³/mol. The minimum Gasteiger partial charge on any atom is -0.489 e. The molecule has 2 rings (SSSR count). The molecular weight excluding hydrogens is 262 g/mol. The van der Waals surface area contributed by atoms with E-state index < -0.39 is 11.6 Å². The first-order chi connectivity index (χ1) is 9.63. The maximum absolute atomic E-state index is 13.2. The van der Waals surface area contributed by atoms with Crippen molar-refractivity contribution in [3.63, 3.8) is 0 Å². The summed E-state index contributed by atoms with van der Waals surface area (Å²) >= 11 is 0. The molecule has 0 aliphatic rings. The van der Waals surface area contributed by atoms with E-state index in [2.05, 4.69) is 0 Å². The molecule has 0 fully saturated rings. The molecule has 0 heterocycles. The summed E-state index contributed by atoms with van der Waals surface area (Å²) in [7, 11) is 0. The highest BCUT2D eigenvalue weighted by molar-refractivity contribution is 5.39. The SMILES string of the molecule is N#Cc1ccc(F)cc1COc1ccc(F)cc1CN. The van der Waals surface area contributed by atoms with E-state index >= 15 is 0 Å². The molecular formula is C15H12F2N2O. The van der Waals surface area contributed by atoms with Crippen LogP contribution in [0.15, 0.2) is 36.4 Å². The molecule has 0 atom stereocenters. The number of benzene rings is 2. The lowest BCUT2D eigenvalue weighted by atomic mass is 10.1. The Morgan fingerprint density at radius 2 is 1.70 bits per heavy atom. The highest BCUT2D eigenvalue weighted by Gasteiger charge is 2.08. The molecule has 102 valence electrons. The van der Waals surface area contributed by atoms with Gasteiger partial charge >= 0.3 is 0 Å². The summed E-state index contributed by atoms with van der Waals surface area (Å²) in [6, 6.07) is 9.81. The summed E-state index contributed by atoms with van der Waals surface area (Å²) < 4.78 is 31.7. The molecule has 3 nitrogen and oxygen atoms in total. The largest absolute Gasteiger partial charge is 0.489 e. The van der Waals surface area contributed by atoms with Gasteiger partial charge in [-0.15, -0.1) is 0 Å². The molecule has 0 aromatic heterocycles. The van der Waals surface area contributed by atoms with Crippen LogP contribution in [0.5, 0.6) is 5.75 Å². The van der Waals surface area contributed by atoms with Crippen LogP contribution in [-0.2, 0) is 13.2 Å². The minimum absolute atomic E-state index is 0.0132. The zero-order chi connectivity index (χ0) is 14.5. The van der Waals surface area contributed by atoms with Gasteiger partial charge in [-0.3, -0.25) is 0 Å². The Kier molecular flexibility index (Phi) is 4.28. The van der Waals surface area contributed by atoms with Crippen LogP contribution in [0, 0.1) is 23.0 Å². The summed E-state index contributed by atoms with van der Waals surface area (Å²) in [5.74, 6) is -0.427. The maximum Gasteiger partial charge on any atom is 0.124 e. The smallest absolute Gasteiger partial charge is 0.124 e. The first-order valence-electron chi connectivity index (χ1n) is 5.94. The molecule has 0 aliphatic carbocycles. The first-order valence-corrected chi connectivity index (χ1v) is 5.94. The molecule has 0 saturated carbocycles. The number of nitrogens with zero attached hydrogens (tertiary/aromatic N) is 1. The van der Waals surface area contributed by atoms with Crippen LogP contribution in [0.3, 0.4) is 0 Å². The Labute approximate surface area is 115 Å². The molecule has 0 aliphatic heterocycles. The predicted octanol–water partition coefficient (Wildman–Crippen LogP) is 2.87. The highest BCUT2D eigenvalue weighted by atomic mass is 19.1. The monoisotopic (exact) mass is 274 g/mol. The molecule has 0 spiro atoms. The number of hydrogen-bond acceptors (Lipinski definition) is 3. The van der Waals surface area contributed by atoms with E-state index in [1.807, 2.05) is 6.07 Å². The van der Waals surface area contributed by atoms with E-state index in [1.54, 1.807) is 0 Å². The minimum atomic E-state index is -0.444. The Hall–Kier alpha value is -2.45.